The molecule has 0 unspecified atom stereocenters. The van der Waals surface area contributed by atoms with Crippen molar-refractivity contribution in [2.75, 3.05) is 0 Å². The van der Waals surface area contributed by atoms with E-state index in [-0.39, 0.29) is 11.9 Å². The molecule has 0 aliphatic heterocycles. The van der Waals surface area contributed by atoms with Gasteiger partial charge in [-0.15, -0.1) is 0 Å². The van der Waals surface area contributed by atoms with Gasteiger partial charge < -0.3 is 14.8 Å². The van der Waals surface area contributed by atoms with Gasteiger partial charge in [-0.25, -0.2) is 9.18 Å². The van der Waals surface area contributed by atoms with E-state index in [1.54, 1.807) is 18.2 Å². The van der Waals surface area contributed by atoms with Gasteiger partial charge in [-0.2, -0.15) is 0 Å². The Bertz CT molecular complexity index is 961. The number of hydrogen-bond acceptors (Lipinski definition) is 3. The van der Waals surface area contributed by atoms with Gasteiger partial charge in [0.1, 0.15) is 11.6 Å². The van der Waals surface area contributed by atoms with Crippen molar-refractivity contribution in [1.82, 2.24) is 4.57 Å². The SMILES string of the molecule is O=C(O)c1c(O)c2ccccc2n(Cc2ccc(F)cc2)c1=O. The number of carbonyl (C=O) groups is 1. The predicted octanol–water partition coefficient (Wildman–Crippen LogP) is 2.59. The monoisotopic (exact) mass is 313 g/mol. The molecule has 1 heterocycles. The maximum atomic E-state index is 13.0. The molecule has 1 aromatic heterocycles. The average Bonchev–Trinajstić information content (AvgIpc) is 2.53. The number of benzene rings is 2. The average molecular weight is 313 g/mol. The van der Waals surface area contributed by atoms with Crippen LogP contribution in [-0.2, 0) is 6.54 Å². The number of halogens is 1. The number of aromatic hydroxyl groups is 1. The van der Waals surface area contributed by atoms with Crippen LogP contribution >= 0.6 is 0 Å². The van der Waals surface area contributed by atoms with Gasteiger partial charge in [-0.1, -0.05) is 24.3 Å². The Balaban J connectivity index is 2.28. The molecular weight excluding hydrogens is 301 g/mol. The van der Waals surface area contributed by atoms with Gasteiger partial charge in [-0.3, -0.25) is 4.79 Å². The molecule has 0 fully saturated rings. The second-order valence-corrected chi connectivity index (χ2v) is 5.06. The summed E-state index contributed by atoms with van der Waals surface area (Å²) in [4.78, 5) is 23.8. The lowest BCUT2D eigenvalue weighted by Crippen LogP contribution is -2.27. The van der Waals surface area contributed by atoms with E-state index in [1.165, 1.54) is 34.9 Å². The molecule has 2 N–H and O–H groups in total. The standard InChI is InChI=1S/C17H12FNO4/c18-11-7-5-10(6-8-11)9-19-13-4-2-1-3-12(13)15(20)14(16(19)21)17(22)23/h1-8,20H,9H2,(H,22,23). The Hall–Kier alpha value is -3.15. The van der Waals surface area contributed by atoms with Gasteiger partial charge in [0.2, 0.25) is 0 Å². The summed E-state index contributed by atoms with van der Waals surface area (Å²) in [6.45, 7) is 0.0696. The quantitative estimate of drug-likeness (QED) is 0.779. The summed E-state index contributed by atoms with van der Waals surface area (Å²) in [6, 6.07) is 12.0. The highest BCUT2D eigenvalue weighted by atomic mass is 19.1. The first kappa shape index (κ1) is 14.8. The van der Waals surface area contributed by atoms with Crippen molar-refractivity contribution in [2.24, 2.45) is 0 Å². The Labute approximate surface area is 129 Å². The van der Waals surface area contributed by atoms with Gasteiger partial charge in [0.25, 0.3) is 5.56 Å². The molecule has 0 bridgehead atoms. The summed E-state index contributed by atoms with van der Waals surface area (Å²) in [5, 5.41) is 19.6. The molecule has 0 saturated heterocycles. The van der Waals surface area contributed by atoms with Crippen LogP contribution < -0.4 is 5.56 Å². The van der Waals surface area contributed by atoms with Gasteiger partial charge >= 0.3 is 5.97 Å². The zero-order valence-corrected chi connectivity index (χ0v) is 11.9. The van der Waals surface area contributed by atoms with Gasteiger partial charge in [0, 0.05) is 5.39 Å². The van der Waals surface area contributed by atoms with E-state index < -0.39 is 28.7 Å². The Morgan fingerprint density at radius 1 is 1.09 bits per heavy atom. The first-order valence-electron chi connectivity index (χ1n) is 6.81. The maximum Gasteiger partial charge on any atom is 0.345 e. The van der Waals surface area contributed by atoms with E-state index in [2.05, 4.69) is 0 Å². The number of carboxylic acid groups (broad SMARTS) is 1. The van der Waals surface area contributed by atoms with E-state index in [0.717, 1.165) is 0 Å². The summed E-state index contributed by atoms with van der Waals surface area (Å²) in [5.41, 5.74) is -0.436. The summed E-state index contributed by atoms with van der Waals surface area (Å²) >= 11 is 0. The van der Waals surface area contributed by atoms with Crippen LogP contribution in [0.15, 0.2) is 53.3 Å². The van der Waals surface area contributed by atoms with Crippen LogP contribution in [0.25, 0.3) is 10.9 Å². The number of para-hydroxylation sites is 1. The molecule has 6 heteroatoms. The number of pyridine rings is 1. The lowest BCUT2D eigenvalue weighted by molar-refractivity contribution is 0.0691. The van der Waals surface area contributed by atoms with Crippen LogP contribution in [0, 0.1) is 5.82 Å². The molecular formula is C17H12FNO4. The highest BCUT2D eigenvalue weighted by molar-refractivity contribution is 5.98. The fourth-order valence-electron chi connectivity index (χ4n) is 2.51. The molecule has 0 radical (unpaired) electrons. The van der Waals surface area contributed by atoms with Crippen LogP contribution in [0.3, 0.4) is 0 Å². The van der Waals surface area contributed by atoms with Gasteiger partial charge in [0.15, 0.2) is 5.56 Å². The Morgan fingerprint density at radius 2 is 1.74 bits per heavy atom. The molecule has 0 aliphatic carbocycles. The summed E-state index contributed by atoms with van der Waals surface area (Å²) < 4.78 is 14.3. The largest absolute Gasteiger partial charge is 0.506 e. The normalized spacial score (nSPS) is 10.8. The number of aromatic nitrogens is 1. The fourth-order valence-corrected chi connectivity index (χ4v) is 2.51. The van der Waals surface area contributed by atoms with Crippen LogP contribution in [0.5, 0.6) is 5.75 Å². The van der Waals surface area contributed by atoms with E-state index in [1.807, 2.05) is 0 Å². The van der Waals surface area contributed by atoms with E-state index in [0.29, 0.717) is 11.1 Å². The number of carboxylic acids is 1. The van der Waals surface area contributed by atoms with Crippen LogP contribution in [0.2, 0.25) is 0 Å². The van der Waals surface area contributed by atoms with Crippen LogP contribution in [0.4, 0.5) is 4.39 Å². The van der Waals surface area contributed by atoms with Crippen LogP contribution in [0.1, 0.15) is 15.9 Å². The first-order chi connectivity index (χ1) is 11.0. The van der Waals surface area contributed by atoms with Crippen molar-refractivity contribution >= 4 is 16.9 Å². The van der Waals surface area contributed by atoms with Crippen molar-refractivity contribution in [3.63, 3.8) is 0 Å². The molecule has 0 saturated carbocycles. The van der Waals surface area contributed by atoms with Crippen molar-refractivity contribution < 1.29 is 19.4 Å². The molecule has 5 nitrogen and oxygen atoms in total. The molecule has 2 aromatic carbocycles. The van der Waals surface area contributed by atoms with Crippen molar-refractivity contribution in [2.45, 2.75) is 6.54 Å². The minimum absolute atomic E-state index is 0.0696. The lowest BCUT2D eigenvalue weighted by atomic mass is 10.1. The summed E-state index contributed by atoms with van der Waals surface area (Å²) in [6.07, 6.45) is 0. The molecule has 116 valence electrons. The van der Waals surface area contributed by atoms with Crippen molar-refractivity contribution in [3.05, 3.63) is 75.8 Å². The minimum atomic E-state index is -1.49. The molecule has 0 amide bonds. The number of hydrogen-bond donors (Lipinski definition) is 2. The number of fused-ring (bicyclic) bond motifs is 1. The van der Waals surface area contributed by atoms with Crippen molar-refractivity contribution in [1.29, 1.82) is 0 Å². The lowest BCUT2D eigenvalue weighted by Gasteiger charge is -2.13. The Kier molecular flexibility index (Phi) is 3.57. The summed E-state index contributed by atoms with van der Waals surface area (Å²) in [7, 11) is 0. The molecule has 23 heavy (non-hydrogen) atoms. The first-order valence-corrected chi connectivity index (χ1v) is 6.81. The third-order valence-corrected chi connectivity index (χ3v) is 3.61. The number of nitrogens with zero attached hydrogens (tertiary/aromatic N) is 1. The highest BCUT2D eigenvalue weighted by Gasteiger charge is 2.21. The predicted molar refractivity (Wildman–Crippen MR) is 82.3 cm³/mol. The fraction of sp³-hybridized carbons (Fsp3) is 0.0588. The van der Waals surface area contributed by atoms with Crippen molar-refractivity contribution in [3.8, 4) is 5.75 Å². The molecule has 3 aromatic rings. The molecule has 0 spiro atoms. The zero-order valence-electron chi connectivity index (χ0n) is 11.9. The molecule has 0 aliphatic rings. The smallest absolute Gasteiger partial charge is 0.345 e. The second-order valence-electron chi connectivity index (χ2n) is 5.06. The van der Waals surface area contributed by atoms with E-state index >= 15 is 0 Å². The third kappa shape index (κ3) is 2.55. The topological polar surface area (TPSA) is 79.5 Å². The number of aromatic carboxylic acids is 1. The minimum Gasteiger partial charge on any atom is -0.506 e. The van der Waals surface area contributed by atoms with E-state index in [4.69, 9.17) is 0 Å². The molecule has 3 rings (SSSR count). The number of rotatable bonds is 3. The third-order valence-electron chi connectivity index (χ3n) is 3.61. The molecule has 0 atom stereocenters. The second kappa shape index (κ2) is 5.57. The van der Waals surface area contributed by atoms with Gasteiger partial charge in [-0.05, 0) is 29.8 Å². The van der Waals surface area contributed by atoms with E-state index in [9.17, 15) is 24.2 Å². The zero-order chi connectivity index (χ0) is 16.6. The maximum absolute atomic E-state index is 13.0. The highest BCUT2D eigenvalue weighted by Crippen LogP contribution is 2.26. The Morgan fingerprint density at radius 3 is 2.39 bits per heavy atom. The van der Waals surface area contributed by atoms with Crippen LogP contribution in [-0.4, -0.2) is 20.7 Å². The van der Waals surface area contributed by atoms with Gasteiger partial charge in [0.05, 0.1) is 12.1 Å². The summed E-state index contributed by atoms with van der Waals surface area (Å²) in [5.74, 6) is -2.44.